The van der Waals surface area contributed by atoms with Gasteiger partial charge in [0.15, 0.2) is 0 Å². The van der Waals surface area contributed by atoms with Gasteiger partial charge in [0.05, 0.1) is 17.0 Å². The first-order chi connectivity index (χ1) is 17.4. The third-order valence-electron chi connectivity index (χ3n) is 6.30. The van der Waals surface area contributed by atoms with E-state index in [4.69, 9.17) is 11.6 Å². The Balaban J connectivity index is 1.28. The molecule has 0 bridgehead atoms. The molecule has 2 aromatic carbocycles. The van der Waals surface area contributed by atoms with E-state index in [1.165, 1.54) is 18.5 Å². The van der Waals surface area contributed by atoms with Crippen LogP contribution in [0.25, 0.3) is 22.3 Å². The Morgan fingerprint density at radius 2 is 1.94 bits per heavy atom. The summed E-state index contributed by atoms with van der Waals surface area (Å²) >= 11 is 5.91. The van der Waals surface area contributed by atoms with E-state index in [1.807, 2.05) is 30.3 Å². The number of hydrogen-bond acceptors (Lipinski definition) is 6. The fourth-order valence-electron chi connectivity index (χ4n) is 4.22. The summed E-state index contributed by atoms with van der Waals surface area (Å²) in [6, 6.07) is 14.4. The zero-order chi connectivity index (χ0) is 25.1. The number of hydrogen-bond donors (Lipinski definition) is 3. The highest BCUT2D eigenvalue weighted by Crippen LogP contribution is 2.30. The SMILES string of the molecule is CN1CCN(CC(=O)NCc2cccc(-c3cc4c(Nc5ccc(F)c(Cl)c5)ncnc4[nH]3)c2)CC1. The number of nitrogens with zero attached hydrogens (tertiary/aromatic N) is 4. The van der Waals surface area contributed by atoms with Crippen LogP contribution in [-0.2, 0) is 11.3 Å². The summed E-state index contributed by atoms with van der Waals surface area (Å²) in [6.07, 6.45) is 1.46. The van der Waals surface area contributed by atoms with Gasteiger partial charge in [-0.15, -0.1) is 0 Å². The zero-order valence-corrected chi connectivity index (χ0v) is 20.6. The topological polar surface area (TPSA) is 89.2 Å². The van der Waals surface area contributed by atoms with Crippen LogP contribution >= 0.6 is 11.6 Å². The maximum absolute atomic E-state index is 13.5. The number of rotatable bonds is 7. The molecule has 4 aromatic rings. The Bertz CT molecular complexity index is 1380. The zero-order valence-electron chi connectivity index (χ0n) is 19.9. The van der Waals surface area contributed by atoms with Crippen LogP contribution in [0.1, 0.15) is 5.56 Å². The molecule has 5 rings (SSSR count). The fraction of sp³-hybridized carbons (Fsp3) is 0.269. The molecule has 8 nitrogen and oxygen atoms in total. The number of carbonyl (C=O) groups is 1. The van der Waals surface area contributed by atoms with E-state index in [0.29, 0.717) is 30.2 Å². The van der Waals surface area contributed by atoms with E-state index >= 15 is 0 Å². The lowest BCUT2D eigenvalue weighted by molar-refractivity contribution is -0.122. The molecule has 0 saturated carbocycles. The molecule has 1 amide bonds. The lowest BCUT2D eigenvalue weighted by Gasteiger charge is -2.31. The van der Waals surface area contributed by atoms with Crippen molar-refractivity contribution in [3.05, 3.63) is 71.3 Å². The van der Waals surface area contributed by atoms with E-state index in [-0.39, 0.29) is 10.9 Å². The number of carbonyl (C=O) groups excluding carboxylic acids is 1. The molecule has 0 spiro atoms. The predicted molar refractivity (Wildman–Crippen MR) is 140 cm³/mol. The van der Waals surface area contributed by atoms with Crippen LogP contribution < -0.4 is 10.6 Å². The van der Waals surface area contributed by atoms with Gasteiger partial charge in [0, 0.05) is 44.1 Å². The molecular weight excluding hydrogens is 481 g/mol. The lowest BCUT2D eigenvalue weighted by atomic mass is 10.1. The van der Waals surface area contributed by atoms with Crippen molar-refractivity contribution in [2.24, 2.45) is 0 Å². The number of likely N-dealkylation sites (N-methyl/N-ethyl adjacent to an activating group) is 1. The second kappa shape index (κ2) is 10.6. The number of benzene rings is 2. The lowest BCUT2D eigenvalue weighted by Crippen LogP contribution is -2.48. The van der Waals surface area contributed by atoms with Crippen LogP contribution in [0, 0.1) is 5.82 Å². The predicted octanol–water partition coefficient (Wildman–Crippen LogP) is 4.02. The smallest absolute Gasteiger partial charge is 0.234 e. The number of nitrogens with one attached hydrogen (secondary N) is 3. The van der Waals surface area contributed by atoms with Gasteiger partial charge in [-0.05, 0) is 48.5 Å². The first kappa shape index (κ1) is 24.2. The van der Waals surface area contributed by atoms with Crippen LogP contribution in [0.3, 0.4) is 0 Å². The standard InChI is InChI=1S/C26H27ClFN7O/c1-34-7-9-35(10-8-34)15-24(36)29-14-17-3-2-4-18(11-17)23-13-20-25(30-16-31-26(20)33-23)32-19-5-6-22(28)21(27)12-19/h2-6,11-13,16H,7-10,14-15H2,1H3,(H,29,36)(H2,30,31,32,33). The van der Waals surface area contributed by atoms with Crippen molar-refractivity contribution in [1.82, 2.24) is 30.1 Å². The van der Waals surface area contributed by atoms with E-state index in [0.717, 1.165) is 48.4 Å². The summed E-state index contributed by atoms with van der Waals surface area (Å²) in [7, 11) is 2.10. The summed E-state index contributed by atoms with van der Waals surface area (Å²) in [6.45, 7) is 4.67. The molecule has 1 fully saturated rings. The van der Waals surface area contributed by atoms with Crippen molar-refractivity contribution in [2.45, 2.75) is 6.54 Å². The number of piperazine rings is 1. The molecule has 0 aliphatic carbocycles. The summed E-state index contributed by atoms with van der Waals surface area (Å²) < 4.78 is 13.5. The quantitative estimate of drug-likeness (QED) is 0.350. The maximum atomic E-state index is 13.5. The van der Waals surface area contributed by atoms with Gasteiger partial charge in [0.1, 0.15) is 23.6 Å². The molecule has 1 saturated heterocycles. The van der Waals surface area contributed by atoms with E-state index in [2.05, 4.69) is 42.4 Å². The molecule has 36 heavy (non-hydrogen) atoms. The van der Waals surface area contributed by atoms with Crippen molar-refractivity contribution in [3.63, 3.8) is 0 Å². The van der Waals surface area contributed by atoms with Gasteiger partial charge in [-0.3, -0.25) is 9.69 Å². The van der Waals surface area contributed by atoms with Crippen molar-refractivity contribution in [3.8, 4) is 11.3 Å². The Hall–Kier alpha value is -3.53. The second-order valence-corrected chi connectivity index (χ2v) is 9.39. The highest BCUT2D eigenvalue weighted by Gasteiger charge is 2.16. The average Bonchev–Trinajstić information content (AvgIpc) is 3.32. The maximum Gasteiger partial charge on any atom is 0.234 e. The average molecular weight is 508 g/mol. The Labute approximate surface area is 213 Å². The first-order valence-corrected chi connectivity index (χ1v) is 12.1. The monoisotopic (exact) mass is 507 g/mol. The molecule has 3 N–H and O–H groups in total. The van der Waals surface area contributed by atoms with Gasteiger partial charge >= 0.3 is 0 Å². The number of aromatic amines is 1. The van der Waals surface area contributed by atoms with Gasteiger partial charge in [0.25, 0.3) is 0 Å². The summed E-state index contributed by atoms with van der Waals surface area (Å²) in [5.41, 5.74) is 4.13. The molecule has 1 aliphatic rings. The fourth-order valence-corrected chi connectivity index (χ4v) is 4.40. The second-order valence-electron chi connectivity index (χ2n) is 8.98. The van der Waals surface area contributed by atoms with Crippen molar-refractivity contribution in [1.29, 1.82) is 0 Å². The number of H-pyrrole nitrogens is 1. The highest BCUT2D eigenvalue weighted by atomic mass is 35.5. The minimum Gasteiger partial charge on any atom is -0.351 e. The molecule has 0 unspecified atom stereocenters. The Kier molecular flexibility index (Phi) is 7.13. The highest BCUT2D eigenvalue weighted by molar-refractivity contribution is 6.31. The molecular formula is C26H27ClFN7O. The number of aromatic nitrogens is 3. The number of halogens is 2. The summed E-state index contributed by atoms with van der Waals surface area (Å²) in [5, 5.41) is 7.04. The Morgan fingerprint density at radius 1 is 1.11 bits per heavy atom. The summed E-state index contributed by atoms with van der Waals surface area (Å²) in [5.74, 6) is 0.134. The van der Waals surface area contributed by atoms with E-state index < -0.39 is 5.82 Å². The Morgan fingerprint density at radius 3 is 2.75 bits per heavy atom. The minimum absolute atomic E-state index is 0.0301. The molecule has 1 aliphatic heterocycles. The van der Waals surface area contributed by atoms with Gasteiger partial charge < -0.3 is 20.5 Å². The molecule has 0 atom stereocenters. The third-order valence-corrected chi connectivity index (χ3v) is 6.59. The van der Waals surface area contributed by atoms with Crippen molar-refractivity contribution < 1.29 is 9.18 Å². The van der Waals surface area contributed by atoms with Gasteiger partial charge in [0.2, 0.25) is 5.91 Å². The third kappa shape index (κ3) is 5.64. The van der Waals surface area contributed by atoms with Crippen LogP contribution in [0.2, 0.25) is 5.02 Å². The molecule has 3 heterocycles. The number of amides is 1. The van der Waals surface area contributed by atoms with Gasteiger partial charge in [-0.2, -0.15) is 0 Å². The van der Waals surface area contributed by atoms with Crippen LogP contribution in [0.15, 0.2) is 54.9 Å². The van der Waals surface area contributed by atoms with Gasteiger partial charge in [-0.1, -0.05) is 29.8 Å². The van der Waals surface area contributed by atoms with Crippen molar-refractivity contribution in [2.75, 3.05) is 45.1 Å². The van der Waals surface area contributed by atoms with E-state index in [9.17, 15) is 9.18 Å². The largest absolute Gasteiger partial charge is 0.351 e. The molecule has 0 radical (unpaired) electrons. The van der Waals surface area contributed by atoms with Crippen LogP contribution in [0.5, 0.6) is 0 Å². The van der Waals surface area contributed by atoms with Crippen LogP contribution in [-0.4, -0.2) is 70.4 Å². The normalized spacial score (nSPS) is 14.8. The number of anilines is 2. The van der Waals surface area contributed by atoms with Crippen LogP contribution in [0.4, 0.5) is 15.9 Å². The number of fused-ring (bicyclic) bond motifs is 1. The molecule has 2 aromatic heterocycles. The minimum atomic E-state index is -0.477. The van der Waals surface area contributed by atoms with Crippen molar-refractivity contribution >= 4 is 40.0 Å². The van der Waals surface area contributed by atoms with Gasteiger partial charge in [-0.25, -0.2) is 14.4 Å². The molecule has 186 valence electrons. The van der Waals surface area contributed by atoms with E-state index in [1.54, 1.807) is 6.07 Å². The molecule has 10 heteroatoms. The first-order valence-electron chi connectivity index (χ1n) is 11.8. The summed E-state index contributed by atoms with van der Waals surface area (Å²) in [4.78, 5) is 28.9.